The quantitative estimate of drug-likeness (QED) is 0.811. The molecule has 3 rings (SSSR count). The van der Waals surface area contributed by atoms with Crippen LogP contribution in [0.1, 0.15) is 31.7 Å². The molecule has 2 unspecified atom stereocenters. The molecule has 0 saturated carbocycles. The standard InChI is InChI=1S/C19H29N3O3/c1-3-18(23)22-9-10-24-15-19(14-22)7-6-17(25-19)13-21(2)12-16-5-4-8-20-11-16/h4-5,8,11,17H,3,6-7,9-10,12-15H2,1-2H3. The van der Waals surface area contributed by atoms with E-state index in [1.807, 2.05) is 24.1 Å². The fourth-order valence-corrected chi connectivity index (χ4v) is 3.80. The third-order valence-electron chi connectivity index (χ3n) is 5.03. The number of aromatic nitrogens is 1. The summed E-state index contributed by atoms with van der Waals surface area (Å²) in [6.07, 6.45) is 6.37. The molecule has 2 aliphatic heterocycles. The van der Waals surface area contributed by atoms with Gasteiger partial charge < -0.3 is 14.4 Å². The first-order valence-electron chi connectivity index (χ1n) is 9.21. The van der Waals surface area contributed by atoms with Gasteiger partial charge in [0, 0.05) is 38.4 Å². The first-order valence-corrected chi connectivity index (χ1v) is 9.21. The highest BCUT2D eigenvalue weighted by molar-refractivity contribution is 5.75. The zero-order valence-electron chi connectivity index (χ0n) is 15.3. The lowest BCUT2D eigenvalue weighted by Crippen LogP contribution is -2.47. The molecule has 6 heteroatoms. The van der Waals surface area contributed by atoms with Crippen LogP contribution in [0, 0.1) is 0 Å². The Morgan fingerprint density at radius 2 is 2.40 bits per heavy atom. The zero-order chi connectivity index (χ0) is 17.7. The highest BCUT2D eigenvalue weighted by atomic mass is 16.6. The molecule has 3 heterocycles. The van der Waals surface area contributed by atoms with Crippen LogP contribution in [0.5, 0.6) is 0 Å². The molecule has 2 aliphatic rings. The van der Waals surface area contributed by atoms with Gasteiger partial charge in [-0.15, -0.1) is 0 Å². The lowest BCUT2D eigenvalue weighted by molar-refractivity contribution is -0.136. The predicted octanol–water partition coefficient (Wildman–Crippen LogP) is 1.70. The van der Waals surface area contributed by atoms with Crippen LogP contribution >= 0.6 is 0 Å². The molecule has 2 atom stereocenters. The molecule has 2 fully saturated rings. The van der Waals surface area contributed by atoms with E-state index in [2.05, 4.69) is 23.0 Å². The van der Waals surface area contributed by atoms with Crippen molar-refractivity contribution in [1.82, 2.24) is 14.8 Å². The molecule has 6 nitrogen and oxygen atoms in total. The van der Waals surface area contributed by atoms with E-state index in [0.29, 0.717) is 32.7 Å². The van der Waals surface area contributed by atoms with Crippen molar-refractivity contribution in [3.05, 3.63) is 30.1 Å². The summed E-state index contributed by atoms with van der Waals surface area (Å²) in [6, 6.07) is 4.06. The number of carbonyl (C=O) groups excluding carboxylic acids is 1. The van der Waals surface area contributed by atoms with Gasteiger partial charge in [0.2, 0.25) is 5.91 Å². The highest BCUT2D eigenvalue weighted by Crippen LogP contribution is 2.33. The minimum absolute atomic E-state index is 0.182. The minimum Gasteiger partial charge on any atom is -0.377 e. The van der Waals surface area contributed by atoms with Gasteiger partial charge in [-0.05, 0) is 31.5 Å². The van der Waals surface area contributed by atoms with Gasteiger partial charge in [-0.25, -0.2) is 0 Å². The number of hydrogen-bond acceptors (Lipinski definition) is 5. The van der Waals surface area contributed by atoms with Crippen LogP contribution in [0.3, 0.4) is 0 Å². The molecule has 0 aromatic carbocycles. The molecule has 0 radical (unpaired) electrons. The Hall–Kier alpha value is -1.50. The van der Waals surface area contributed by atoms with Crippen molar-refractivity contribution in [2.75, 3.05) is 39.9 Å². The van der Waals surface area contributed by atoms with Crippen LogP contribution in [0.15, 0.2) is 24.5 Å². The summed E-state index contributed by atoms with van der Waals surface area (Å²) in [5.41, 5.74) is 0.872. The molecule has 1 aromatic rings. The number of amides is 1. The molecule has 0 bridgehead atoms. The number of rotatable bonds is 5. The van der Waals surface area contributed by atoms with Gasteiger partial charge in [0.1, 0.15) is 5.60 Å². The maximum atomic E-state index is 12.1. The molecule has 25 heavy (non-hydrogen) atoms. The smallest absolute Gasteiger partial charge is 0.222 e. The number of hydrogen-bond donors (Lipinski definition) is 0. The predicted molar refractivity (Wildman–Crippen MR) is 95.1 cm³/mol. The Morgan fingerprint density at radius 1 is 1.52 bits per heavy atom. The molecular formula is C19H29N3O3. The largest absolute Gasteiger partial charge is 0.377 e. The molecule has 1 amide bonds. The fourth-order valence-electron chi connectivity index (χ4n) is 3.80. The monoisotopic (exact) mass is 347 g/mol. The maximum Gasteiger partial charge on any atom is 0.222 e. The van der Waals surface area contributed by atoms with Crippen LogP contribution in [-0.2, 0) is 20.8 Å². The normalized spacial score (nSPS) is 27.0. The van der Waals surface area contributed by atoms with Crippen molar-refractivity contribution in [2.45, 2.75) is 44.4 Å². The van der Waals surface area contributed by atoms with Gasteiger partial charge in [-0.2, -0.15) is 0 Å². The van der Waals surface area contributed by atoms with Gasteiger partial charge in [-0.1, -0.05) is 13.0 Å². The van der Waals surface area contributed by atoms with E-state index < -0.39 is 0 Å². The summed E-state index contributed by atoms with van der Waals surface area (Å²) in [6.45, 7) is 6.15. The van der Waals surface area contributed by atoms with Crippen LogP contribution in [0.2, 0.25) is 0 Å². The Kier molecular flexibility index (Phi) is 6.04. The zero-order valence-corrected chi connectivity index (χ0v) is 15.3. The molecule has 0 aliphatic carbocycles. The number of likely N-dealkylation sites (N-methyl/N-ethyl adjacent to an activating group) is 1. The Bertz CT molecular complexity index is 568. The van der Waals surface area contributed by atoms with Crippen molar-refractivity contribution < 1.29 is 14.3 Å². The molecule has 2 saturated heterocycles. The second kappa shape index (κ2) is 8.25. The number of ether oxygens (including phenoxy) is 2. The summed E-state index contributed by atoms with van der Waals surface area (Å²) < 4.78 is 12.2. The lowest BCUT2D eigenvalue weighted by Gasteiger charge is -2.32. The second-order valence-corrected chi connectivity index (χ2v) is 7.24. The van der Waals surface area contributed by atoms with E-state index >= 15 is 0 Å². The third-order valence-corrected chi connectivity index (χ3v) is 5.03. The van der Waals surface area contributed by atoms with Gasteiger partial charge in [0.05, 0.1) is 25.9 Å². The molecule has 1 spiro atoms. The van der Waals surface area contributed by atoms with Crippen LogP contribution in [-0.4, -0.2) is 72.3 Å². The van der Waals surface area contributed by atoms with Crippen LogP contribution in [0.4, 0.5) is 0 Å². The Morgan fingerprint density at radius 3 is 3.16 bits per heavy atom. The van der Waals surface area contributed by atoms with Gasteiger partial charge in [0.25, 0.3) is 0 Å². The van der Waals surface area contributed by atoms with Gasteiger partial charge in [0.15, 0.2) is 0 Å². The van der Waals surface area contributed by atoms with E-state index in [-0.39, 0.29) is 17.6 Å². The maximum absolute atomic E-state index is 12.1. The van der Waals surface area contributed by atoms with E-state index in [9.17, 15) is 4.79 Å². The number of nitrogens with zero attached hydrogens (tertiary/aromatic N) is 3. The third kappa shape index (κ3) is 4.77. The summed E-state index contributed by atoms with van der Waals surface area (Å²) in [5, 5.41) is 0. The highest BCUT2D eigenvalue weighted by Gasteiger charge is 2.43. The van der Waals surface area contributed by atoms with E-state index in [4.69, 9.17) is 9.47 Å². The average molecular weight is 347 g/mol. The van der Waals surface area contributed by atoms with Crippen molar-refractivity contribution in [3.8, 4) is 0 Å². The summed E-state index contributed by atoms with van der Waals surface area (Å²) >= 11 is 0. The second-order valence-electron chi connectivity index (χ2n) is 7.24. The van der Waals surface area contributed by atoms with Crippen molar-refractivity contribution in [3.63, 3.8) is 0 Å². The number of carbonyl (C=O) groups is 1. The summed E-state index contributed by atoms with van der Waals surface area (Å²) in [5.74, 6) is 0.186. The van der Waals surface area contributed by atoms with Gasteiger partial charge >= 0.3 is 0 Å². The first-order chi connectivity index (χ1) is 12.1. The SMILES string of the molecule is CCC(=O)N1CCOCC2(CCC(CN(C)Cc3cccnc3)O2)C1. The molecule has 138 valence electrons. The van der Waals surface area contributed by atoms with Crippen molar-refractivity contribution in [2.24, 2.45) is 0 Å². The minimum atomic E-state index is -0.332. The van der Waals surface area contributed by atoms with E-state index in [1.165, 1.54) is 5.56 Å². The molecular weight excluding hydrogens is 318 g/mol. The first kappa shape index (κ1) is 18.3. The van der Waals surface area contributed by atoms with Gasteiger partial charge in [-0.3, -0.25) is 14.7 Å². The lowest BCUT2D eigenvalue weighted by atomic mass is 10.00. The summed E-state index contributed by atoms with van der Waals surface area (Å²) in [4.78, 5) is 20.5. The Labute approximate surface area is 150 Å². The van der Waals surface area contributed by atoms with Crippen molar-refractivity contribution in [1.29, 1.82) is 0 Å². The van der Waals surface area contributed by atoms with E-state index in [1.54, 1.807) is 6.20 Å². The Balaban J connectivity index is 1.55. The molecule has 0 N–H and O–H groups in total. The fraction of sp³-hybridized carbons (Fsp3) is 0.684. The van der Waals surface area contributed by atoms with E-state index in [0.717, 1.165) is 25.9 Å². The molecule has 1 aromatic heterocycles. The van der Waals surface area contributed by atoms with Crippen LogP contribution in [0.25, 0.3) is 0 Å². The number of pyridine rings is 1. The van der Waals surface area contributed by atoms with Crippen molar-refractivity contribution >= 4 is 5.91 Å². The topological polar surface area (TPSA) is 54.9 Å². The van der Waals surface area contributed by atoms with Crippen LogP contribution < -0.4 is 0 Å². The average Bonchev–Trinajstić information content (AvgIpc) is 2.87. The summed E-state index contributed by atoms with van der Waals surface area (Å²) in [7, 11) is 2.11.